The van der Waals surface area contributed by atoms with E-state index in [1.807, 2.05) is 11.6 Å². The lowest BCUT2D eigenvalue weighted by molar-refractivity contribution is 0.412. The molecular weight excluding hydrogens is 259 g/mol. The van der Waals surface area contributed by atoms with Gasteiger partial charge in [-0.15, -0.1) is 0 Å². The van der Waals surface area contributed by atoms with Gasteiger partial charge < -0.3 is 14.4 Å². The first-order valence-electron chi connectivity index (χ1n) is 6.09. The van der Waals surface area contributed by atoms with Crippen LogP contribution in [-0.4, -0.2) is 21.8 Å². The van der Waals surface area contributed by atoms with E-state index in [0.29, 0.717) is 22.7 Å². The molecule has 0 aliphatic carbocycles. The molecule has 0 fully saturated rings. The van der Waals surface area contributed by atoms with Gasteiger partial charge in [0.1, 0.15) is 23.1 Å². The van der Waals surface area contributed by atoms with E-state index in [1.165, 1.54) is 12.1 Å². The Labute approximate surface area is 115 Å². The second kappa shape index (κ2) is 4.52. The minimum absolute atomic E-state index is 0.102. The van der Waals surface area contributed by atoms with Gasteiger partial charge in [-0.2, -0.15) is 0 Å². The molecule has 0 saturated carbocycles. The van der Waals surface area contributed by atoms with Crippen molar-refractivity contribution in [3.63, 3.8) is 0 Å². The normalized spacial score (nSPS) is 10.9. The van der Waals surface area contributed by atoms with Gasteiger partial charge in [-0.25, -0.2) is 9.37 Å². The van der Waals surface area contributed by atoms with Gasteiger partial charge in [0.05, 0.1) is 23.7 Å². The van der Waals surface area contributed by atoms with Crippen molar-refractivity contribution in [1.29, 1.82) is 0 Å². The topological polar surface area (TPSA) is 47.3 Å². The summed E-state index contributed by atoms with van der Waals surface area (Å²) >= 11 is 0. The molecule has 4 nitrogen and oxygen atoms in total. The maximum atomic E-state index is 13.3. The number of phenols is 1. The predicted molar refractivity (Wildman–Crippen MR) is 74.3 cm³/mol. The number of imidazole rings is 1. The highest BCUT2D eigenvalue weighted by Gasteiger charge is 2.14. The van der Waals surface area contributed by atoms with Crippen LogP contribution in [0.1, 0.15) is 0 Å². The summed E-state index contributed by atoms with van der Waals surface area (Å²) in [6, 6.07) is 9.34. The average Bonchev–Trinajstić information content (AvgIpc) is 2.76. The zero-order valence-electron chi connectivity index (χ0n) is 11.1. The van der Waals surface area contributed by atoms with E-state index in [-0.39, 0.29) is 11.6 Å². The van der Waals surface area contributed by atoms with Gasteiger partial charge in [0.2, 0.25) is 0 Å². The molecule has 3 rings (SSSR count). The maximum absolute atomic E-state index is 13.3. The highest BCUT2D eigenvalue weighted by molar-refractivity contribution is 5.82. The Bertz CT molecular complexity index is 796. The van der Waals surface area contributed by atoms with E-state index < -0.39 is 0 Å². The minimum atomic E-state index is -0.336. The first kappa shape index (κ1) is 12.5. The van der Waals surface area contributed by atoms with Gasteiger partial charge in [0.15, 0.2) is 0 Å². The van der Waals surface area contributed by atoms with Crippen molar-refractivity contribution < 1.29 is 14.2 Å². The zero-order chi connectivity index (χ0) is 14.3. The fourth-order valence-electron chi connectivity index (χ4n) is 2.24. The summed E-state index contributed by atoms with van der Waals surface area (Å²) in [4.78, 5) is 4.39. The number of aryl methyl sites for hydroxylation is 1. The van der Waals surface area contributed by atoms with Crippen LogP contribution < -0.4 is 4.74 Å². The summed E-state index contributed by atoms with van der Waals surface area (Å²) < 4.78 is 20.2. The molecule has 1 heterocycles. The van der Waals surface area contributed by atoms with Crippen molar-refractivity contribution in [3.8, 4) is 22.9 Å². The second-order valence-corrected chi connectivity index (χ2v) is 4.51. The molecule has 102 valence electrons. The van der Waals surface area contributed by atoms with Crippen LogP contribution in [0.4, 0.5) is 4.39 Å². The van der Waals surface area contributed by atoms with E-state index in [9.17, 15) is 9.50 Å². The quantitative estimate of drug-likeness (QED) is 0.779. The summed E-state index contributed by atoms with van der Waals surface area (Å²) in [7, 11) is 3.38. The number of aromatic nitrogens is 2. The third-order valence-electron chi connectivity index (χ3n) is 3.29. The number of aromatic hydroxyl groups is 1. The van der Waals surface area contributed by atoms with Crippen molar-refractivity contribution in [1.82, 2.24) is 9.55 Å². The third-order valence-corrected chi connectivity index (χ3v) is 3.29. The molecule has 0 aliphatic heterocycles. The number of halogens is 1. The molecule has 5 heteroatoms. The summed E-state index contributed by atoms with van der Waals surface area (Å²) in [5.41, 5.74) is 1.89. The van der Waals surface area contributed by atoms with Crippen LogP contribution in [0.25, 0.3) is 22.4 Å². The average molecular weight is 272 g/mol. The monoisotopic (exact) mass is 272 g/mol. The van der Waals surface area contributed by atoms with Gasteiger partial charge in [-0.05, 0) is 30.3 Å². The van der Waals surface area contributed by atoms with E-state index in [4.69, 9.17) is 4.74 Å². The van der Waals surface area contributed by atoms with Gasteiger partial charge >= 0.3 is 0 Å². The SMILES string of the molecule is COc1ccc(O)c(-c2nc3cc(F)ccc3n2C)c1. The summed E-state index contributed by atoms with van der Waals surface area (Å²) in [6.45, 7) is 0. The van der Waals surface area contributed by atoms with Crippen LogP contribution in [0, 0.1) is 5.82 Å². The van der Waals surface area contributed by atoms with Gasteiger partial charge in [0, 0.05) is 13.1 Å². The number of rotatable bonds is 2. The largest absolute Gasteiger partial charge is 0.507 e. The predicted octanol–water partition coefficient (Wildman–Crippen LogP) is 3.09. The van der Waals surface area contributed by atoms with Crippen molar-refractivity contribution in [3.05, 3.63) is 42.2 Å². The van der Waals surface area contributed by atoms with Gasteiger partial charge in [-0.3, -0.25) is 0 Å². The summed E-state index contributed by atoms with van der Waals surface area (Å²) in [5.74, 6) is 0.944. The van der Waals surface area contributed by atoms with Crippen LogP contribution in [-0.2, 0) is 7.05 Å². The molecule has 0 bridgehead atoms. The smallest absolute Gasteiger partial charge is 0.144 e. The number of nitrogens with zero attached hydrogens (tertiary/aromatic N) is 2. The molecule has 2 aromatic carbocycles. The van der Waals surface area contributed by atoms with E-state index >= 15 is 0 Å². The van der Waals surface area contributed by atoms with Crippen molar-refractivity contribution >= 4 is 11.0 Å². The van der Waals surface area contributed by atoms with Crippen molar-refractivity contribution in [2.75, 3.05) is 7.11 Å². The molecule has 0 unspecified atom stereocenters. The Balaban J connectivity index is 2.26. The van der Waals surface area contributed by atoms with Gasteiger partial charge in [-0.1, -0.05) is 0 Å². The minimum Gasteiger partial charge on any atom is -0.507 e. The highest BCUT2D eigenvalue weighted by atomic mass is 19.1. The Hall–Kier alpha value is -2.56. The summed E-state index contributed by atoms with van der Waals surface area (Å²) in [5, 5.41) is 10.0. The first-order chi connectivity index (χ1) is 9.60. The van der Waals surface area contributed by atoms with E-state index in [0.717, 1.165) is 5.52 Å². The Morgan fingerprint density at radius 3 is 2.75 bits per heavy atom. The van der Waals surface area contributed by atoms with Crippen LogP contribution >= 0.6 is 0 Å². The molecule has 0 amide bonds. The molecular formula is C15H13FN2O2. The Morgan fingerprint density at radius 1 is 1.20 bits per heavy atom. The van der Waals surface area contributed by atoms with Crippen LogP contribution in [0.5, 0.6) is 11.5 Å². The van der Waals surface area contributed by atoms with Gasteiger partial charge in [0.25, 0.3) is 0 Å². The molecule has 1 aromatic heterocycles. The molecule has 0 radical (unpaired) electrons. The van der Waals surface area contributed by atoms with Crippen molar-refractivity contribution in [2.45, 2.75) is 0 Å². The number of phenolic OH excluding ortho intramolecular Hbond substituents is 1. The lowest BCUT2D eigenvalue weighted by Crippen LogP contribution is -1.93. The number of fused-ring (bicyclic) bond motifs is 1. The molecule has 0 aliphatic rings. The first-order valence-corrected chi connectivity index (χ1v) is 6.09. The van der Waals surface area contributed by atoms with Crippen LogP contribution in [0.2, 0.25) is 0 Å². The molecule has 3 aromatic rings. The molecule has 1 N–H and O–H groups in total. The lowest BCUT2D eigenvalue weighted by atomic mass is 10.2. The van der Waals surface area contributed by atoms with Crippen molar-refractivity contribution in [2.24, 2.45) is 7.05 Å². The van der Waals surface area contributed by atoms with Crippen LogP contribution in [0.15, 0.2) is 36.4 Å². The number of benzene rings is 2. The Morgan fingerprint density at radius 2 is 2.00 bits per heavy atom. The number of hydrogen-bond donors (Lipinski definition) is 1. The number of ether oxygens (including phenoxy) is 1. The lowest BCUT2D eigenvalue weighted by Gasteiger charge is -2.07. The van der Waals surface area contributed by atoms with E-state index in [1.54, 1.807) is 31.4 Å². The second-order valence-electron chi connectivity index (χ2n) is 4.51. The molecule has 0 spiro atoms. The zero-order valence-corrected chi connectivity index (χ0v) is 11.1. The van der Waals surface area contributed by atoms with E-state index in [2.05, 4.69) is 4.98 Å². The maximum Gasteiger partial charge on any atom is 0.144 e. The number of methoxy groups -OCH3 is 1. The highest BCUT2D eigenvalue weighted by Crippen LogP contribution is 2.33. The van der Waals surface area contributed by atoms with Crippen LogP contribution in [0.3, 0.4) is 0 Å². The molecule has 20 heavy (non-hydrogen) atoms. The summed E-state index contributed by atoms with van der Waals surface area (Å²) in [6.07, 6.45) is 0. The third kappa shape index (κ3) is 1.87. The number of hydrogen-bond acceptors (Lipinski definition) is 3. The standard InChI is InChI=1S/C15H13FN2O2/c1-18-13-5-3-9(16)7-12(13)17-15(18)11-8-10(20-2)4-6-14(11)19/h3-8,19H,1-2H3. The fourth-order valence-corrected chi connectivity index (χ4v) is 2.24. The fraction of sp³-hybridized carbons (Fsp3) is 0.133. The molecule has 0 atom stereocenters. The Kier molecular flexibility index (Phi) is 2.82. The molecule has 0 saturated heterocycles.